The van der Waals surface area contributed by atoms with E-state index in [4.69, 9.17) is 45.3 Å². The Hall–Kier alpha value is -2.98. The summed E-state index contributed by atoms with van der Waals surface area (Å²) in [6.07, 6.45) is 1.89. The van der Waals surface area contributed by atoms with Crippen LogP contribution in [0.15, 0.2) is 65.6 Å². The van der Waals surface area contributed by atoms with E-state index in [1.54, 1.807) is 31.2 Å². The van der Waals surface area contributed by atoms with E-state index in [9.17, 15) is 23.1 Å². The lowest BCUT2D eigenvalue weighted by Crippen LogP contribution is -2.32. The van der Waals surface area contributed by atoms with E-state index in [2.05, 4.69) is 5.32 Å². The molecule has 2 atom stereocenters. The lowest BCUT2D eigenvalue weighted by Gasteiger charge is -2.25. The smallest absolute Gasteiger partial charge is 0.307 e. The van der Waals surface area contributed by atoms with Crippen molar-refractivity contribution in [1.29, 1.82) is 0 Å². The number of carboxylic acids is 1. The number of halogens is 3. The third-order valence-electron chi connectivity index (χ3n) is 6.97. The maximum Gasteiger partial charge on any atom is 0.307 e. The van der Waals surface area contributed by atoms with Gasteiger partial charge in [-0.05, 0) is 54.5 Å². The maximum absolute atomic E-state index is 13.9. The summed E-state index contributed by atoms with van der Waals surface area (Å²) in [6, 6.07) is 16.1. The molecule has 1 aliphatic rings. The van der Waals surface area contributed by atoms with Gasteiger partial charge in [-0.15, -0.1) is 0 Å². The molecule has 0 spiro atoms. The lowest BCUT2D eigenvalue weighted by atomic mass is 9.83. The molecule has 1 amide bonds. The third kappa shape index (κ3) is 7.27. The monoisotopic (exact) mass is 638 g/mol. The lowest BCUT2D eigenvalue weighted by molar-refractivity contribution is -0.144. The van der Waals surface area contributed by atoms with Crippen molar-refractivity contribution in [3.8, 4) is 16.9 Å². The Balaban J connectivity index is 1.76. The number of nitrogens with one attached hydrogen (secondary N) is 1. The standard InChI is InChI=1S/C29H29Cl3N2O6S/c1-2-20(28(36)37)23(18-10-12-19(13-11-18)41(38,39)15-16-8-9-16)27(35)34-25-22(33)14-21(30)24(26(25)40-29(31)32)17-6-4-3-5-7-17/h3-7,10-14,16,20,23,29H,2,8-9,15,33H2,1H3,(H,34,35)(H,36,37). The topological polar surface area (TPSA) is 136 Å². The number of carboxylic acid groups (broad SMARTS) is 1. The number of carbonyl (C=O) groups is 2. The average Bonchev–Trinajstić information content (AvgIpc) is 3.72. The quantitative estimate of drug-likeness (QED) is 0.147. The van der Waals surface area contributed by atoms with E-state index < -0.39 is 38.6 Å². The summed E-state index contributed by atoms with van der Waals surface area (Å²) in [4.78, 5) is 26.2. The molecule has 2 unspecified atom stereocenters. The Morgan fingerprint density at radius 2 is 1.73 bits per heavy atom. The summed E-state index contributed by atoms with van der Waals surface area (Å²) < 4.78 is 31.2. The number of benzene rings is 3. The number of sulfone groups is 1. The van der Waals surface area contributed by atoms with Gasteiger partial charge in [0.2, 0.25) is 10.9 Å². The molecule has 12 heteroatoms. The number of anilines is 2. The molecule has 8 nitrogen and oxygen atoms in total. The highest BCUT2D eigenvalue weighted by atomic mass is 35.5. The van der Waals surface area contributed by atoms with E-state index in [-0.39, 0.29) is 45.1 Å². The summed E-state index contributed by atoms with van der Waals surface area (Å²) in [5.74, 6) is -4.00. The molecule has 218 valence electrons. The summed E-state index contributed by atoms with van der Waals surface area (Å²) >= 11 is 18.5. The van der Waals surface area contributed by atoms with E-state index >= 15 is 0 Å². The van der Waals surface area contributed by atoms with Crippen LogP contribution in [0.4, 0.5) is 11.4 Å². The molecule has 0 heterocycles. The molecule has 3 aromatic carbocycles. The molecule has 0 aromatic heterocycles. The van der Waals surface area contributed by atoms with Gasteiger partial charge in [0, 0.05) is 5.56 Å². The highest BCUT2D eigenvalue weighted by Crippen LogP contribution is 2.47. The maximum atomic E-state index is 13.9. The van der Waals surface area contributed by atoms with Crippen LogP contribution >= 0.6 is 34.8 Å². The zero-order valence-electron chi connectivity index (χ0n) is 22.0. The molecule has 1 saturated carbocycles. The van der Waals surface area contributed by atoms with Crippen molar-refractivity contribution in [2.75, 3.05) is 16.8 Å². The van der Waals surface area contributed by atoms with Gasteiger partial charge in [0.05, 0.1) is 33.2 Å². The van der Waals surface area contributed by atoms with Crippen LogP contribution in [0.25, 0.3) is 11.1 Å². The number of aliphatic carboxylic acids is 1. The van der Waals surface area contributed by atoms with E-state index in [0.29, 0.717) is 16.7 Å². The number of carbonyl (C=O) groups excluding carboxylic acids is 1. The summed E-state index contributed by atoms with van der Waals surface area (Å²) in [5, 5.41) is 11.6. The van der Waals surface area contributed by atoms with E-state index in [1.807, 2.05) is 6.07 Å². The van der Waals surface area contributed by atoms with Crippen molar-refractivity contribution in [3.05, 3.63) is 71.2 Å². The predicted octanol–water partition coefficient (Wildman–Crippen LogP) is 6.75. The van der Waals surface area contributed by atoms with Crippen molar-refractivity contribution in [2.24, 2.45) is 11.8 Å². The minimum absolute atomic E-state index is 0.00758. The number of hydrogen-bond acceptors (Lipinski definition) is 6. The first-order chi connectivity index (χ1) is 19.4. The second-order valence-electron chi connectivity index (χ2n) is 9.88. The van der Waals surface area contributed by atoms with Crippen LogP contribution in [-0.2, 0) is 19.4 Å². The number of nitrogen functional groups attached to an aromatic ring is 1. The highest BCUT2D eigenvalue weighted by Gasteiger charge is 2.36. The van der Waals surface area contributed by atoms with E-state index in [0.717, 1.165) is 12.8 Å². The molecule has 0 bridgehead atoms. The molecule has 4 rings (SSSR count). The highest BCUT2D eigenvalue weighted by molar-refractivity contribution is 7.91. The Morgan fingerprint density at radius 1 is 1.10 bits per heavy atom. The van der Waals surface area contributed by atoms with Crippen LogP contribution in [0.2, 0.25) is 5.02 Å². The Morgan fingerprint density at radius 3 is 2.27 bits per heavy atom. The minimum Gasteiger partial charge on any atom is -0.481 e. The summed E-state index contributed by atoms with van der Waals surface area (Å²) in [5.41, 5.74) is 7.64. The molecule has 41 heavy (non-hydrogen) atoms. The van der Waals surface area contributed by atoms with Gasteiger partial charge in [-0.3, -0.25) is 9.59 Å². The van der Waals surface area contributed by atoms with Crippen LogP contribution in [0.5, 0.6) is 5.75 Å². The Bertz CT molecular complexity index is 1530. The number of amides is 1. The number of rotatable bonds is 12. The van der Waals surface area contributed by atoms with Crippen LogP contribution in [0.3, 0.4) is 0 Å². The van der Waals surface area contributed by atoms with Crippen LogP contribution in [0.1, 0.15) is 37.7 Å². The fourth-order valence-corrected chi connectivity index (χ4v) is 6.94. The minimum atomic E-state index is -3.50. The number of ether oxygens (including phenoxy) is 1. The van der Waals surface area contributed by atoms with Crippen molar-refractivity contribution in [2.45, 2.75) is 42.0 Å². The van der Waals surface area contributed by atoms with Gasteiger partial charge < -0.3 is 20.9 Å². The number of hydrogen-bond donors (Lipinski definition) is 3. The number of nitrogens with two attached hydrogens (primary N) is 1. The Labute approximate surface area is 253 Å². The zero-order valence-corrected chi connectivity index (χ0v) is 25.1. The van der Waals surface area contributed by atoms with Crippen molar-refractivity contribution in [3.63, 3.8) is 0 Å². The molecule has 1 aliphatic carbocycles. The molecular formula is C29H29Cl3N2O6S. The molecule has 0 saturated heterocycles. The molecule has 0 radical (unpaired) electrons. The molecular weight excluding hydrogens is 611 g/mol. The summed E-state index contributed by atoms with van der Waals surface area (Å²) in [7, 11) is -3.50. The van der Waals surface area contributed by atoms with Gasteiger partial charge in [-0.2, -0.15) is 0 Å². The molecule has 0 aliphatic heterocycles. The Kier molecular flexibility index (Phi) is 9.74. The van der Waals surface area contributed by atoms with Gasteiger partial charge in [0.25, 0.3) is 0 Å². The zero-order chi connectivity index (χ0) is 29.9. The van der Waals surface area contributed by atoms with Gasteiger partial charge in [0.1, 0.15) is 5.69 Å². The molecule has 3 aromatic rings. The van der Waals surface area contributed by atoms with Gasteiger partial charge in [-0.25, -0.2) is 8.42 Å². The van der Waals surface area contributed by atoms with Crippen molar-refractivity contribution >= 4 is 67.9 Å². The molecule has 1 fully saturated rings. The second kappa shape index (κ2) is 12.9. The molecule has 4 N–H and O–H groups in total. The SMILES string of the molecule is CCC(C(=O)O)C(C(=O)Nc1c(N)cc(Cl)c(-c2ccccc2)c1OC(Cl)Cl)c1ccc(S(=O)(=O)CC2CC2)cc1. The van der Waals surface area contributed by atoms with Crippen LogP contribution in [0, 0.1) is 11.8 Å². The fourth-order valence-electron chi connectivity index (χ4n) is 4.75. The van der Waals surface area contributed by atoms with Crippen molar-refractivity contribution in [1.82, 2.24) is 0 Å². The van der Waals surface area contributed by atoms with Crippen molar-refractivity contribution < 1.29 is 27.9 Å². The predicted molar refractivity (Wildman–Crippen MR) is 161 cm³/mol. The first kappa shape index (κ1) is 31.0. The van der Waals surface area contributed by atoms with Gasteiger partial charge in [-0.1, -0.05) is 84.2 Å². The summed E-state index contributed by atoms with van der Waals surface area (Å²) in [6.45, 7) is 1.65. The normalized spacial score (nSPS) is 14.9. The van der Waals surface area contributed by atoms with E-state index in [1.165, 1.54) is 30.3 Å². The van der Waals surface area contributed by atoms with Gasteiger partial charge >= 0.3 is 5.97 Å². The average molecular weight is 640 g/mol. The number of alkyl halides is 2. The largest absolute Gasteiger partial charge is 0.481 e. The fraction of sp³-hybridized carbons (Fsp3) is 0.310. The van der Waals surface area contributed by atoms with Crippen LogP contribution < -0.4 is 15.8 Å². The second-order valence-corrected chi connectivity index (χ2v) is 13.3. The van der Waals surface area contributed by atoms with Crippen LogP contribution in [-0.4, -0.2) is 36.2 Å². The van der Waals surface area contributed by atoms with Gasteiger partial charge in [0.15, 0.2) is 15.6 Å². The third-order valence-corrected chi connectivity index (χ3v) is 9.35. The first-order valence-electron chi connectivity index (χ1n) is 12.9. The first-order valence-corrected chi connectivity index (χ1v) is 15.8.